The lowest BCUT2D eigenvalue weighted by atomic mass is 10.1. The molecule has 0 aliphatic heterocycles. The van der Waals surface area contributed by atoms with Gasteiger partial charge in [-0.3, -0.25) is 4.72 Å². The highest BCUT2D eigenvalue weighted by molar-refractivity contribution is 7.90. The van der Waals surface area contributed by atoms with Gasteiger partial charge in [-0.15, -0.1) is 0 Å². The average molecular weight is 258 g/mol. The molecular formula is C11H18N2O3S. The van der Waals surface area contributed by atoms with Gasteiger partial charge in [0.05, 0.1) is 5.69 Å². The van der Waals surface area contributed by atoms with Crippen molar-refractivity contribution in [1.82, 2.24) is 4.72 Å². The number of nitrogens with one attached hydrogen (secondary N) is 2. The van der Waals surface area contributed by atoms with Crippen LogP contribution in [-0.4, -0.2) is 19.1 Å². The van der Waals surface area contributed by atoms with Crippen LogP contribution in [0.4, 0.5) is 5.69 Å². The summed E-state index contributed by atoms with van der Waals surface area (Å²) in [5, 5.41) is 9.60. The van der Waals surface area contributed by atoms with Crippen molar-refractivity contribution in [2.45, 2.75) is 33.2 Å². The van der Waals surface area contributed by atoms with E-state index in [-0.39, 0.29) is 11.4 Å². The van der Waals surface area contributed by atoms with Gasteiger partial charge in [-0.1, -0.05) is 6.07 Å². The van der Waals surface area contributed by atoms with Gasteiger partial charge in [-0.25, -0.2) is 0 Å². The molecule has 1 aromatic carbocycles. The Labute approximate surface area is 102 Å². The molecule has 0 heterocycles. The molecule has 0 fully saturated rings. The molecule has 0 spiro atoms. The fraction of sp³-hybridized carbons (Fsp3) is 0.455. The lowest BCUT2D eigenvalue weighted by molar-refractivity contribution is 0.475. The predicted molar refractivity (Wildman–Crippen MR) is 68.3 cm³/mol. The van der Waals surface area contributed by atoms with Crippen molar-refractivity contribution in [1.29, 1.82) is 0 Å². The molecule has 0 saturated heterocycles. The quantitative estimate of drug-likeness (QED) is 0.723. The summed E-state index contributed by atoms with van der Waals surface area (Å²) in [6.45, 7) is 7.02. The first-order valence-corrected chi connectivity index (χ1v) is 6.69. The average Bonchev–Trinajstić information content (AvgIpc) is 2.05. The predicted octanol–water partition coefficient (Wildman–Crippen LogP) is 1.75. The zero-order valence-electron chi connectivity index (χ0n) is 10.4. The van der Waals surface area contributed by atoms with Gasteiger partial charge >= 0.3 is 0 Å². The van der Waals surface area contributed by atoms with Crippen molar-refractivity contribution in [3.05, 3.63) is 23.8 Å². The van der Waals surface area contributed by atoms with Crippen LogP contribution in [0.5, 0.6) is 5.75 Å². The second kappa shape index (κ2) is 4.54. The number of phenols is 1. The van der Waals surface area contributed by atoms with E-state index in [2.05, 4.69) is 9.44 Å². The van der Waals surface area contributed by atoms with Crippen LogP contribution in [0.25, 0.3) is 0 Å². The number of aromatic hydroxyl groups is 1. The van der Waals surface area contributed by atoms with Crippen molar-refractivity contribution in [3.8, 4) is 5.75 Å². The minimum Gasteiger partial charge on any atom is -0.506 e. The molecule has 0 bridgehead atoms. The van der Waals surface area contributed by atoms with E-state index in [1.165, 1.54) is 12.1 Å². The molecule has 0 unspecified atom stereocenters. The SMILES string of the molecule is Cc1ccc(NS(=O)(=O)NC(C)(C)C)c(O)c1. The van der Waals surface area contributed by atoms with Crippen LogP contribution < -0.4 is 9.44 Å². The summed E-state index contributed by atoms with van der Waals surface area (Å²) < 4.78 is 28.2. The Balaban J connectivity index is 2.91. The van der Waals surface area contributed by atoms with E-state index in [9.17, 15) is 13.5 Å². The number of hydrogen-bond acceptors (Lipinski definition) is 3. The maximum absolute atomic E-state index is 11.7. The monoisotopic (exact) mass is 258 g/mol. The van der Waals surface area contributed by atoms with Crippen molar-refractivity contribution in [2.24, 2.45) is 0 Å². The zero-order valence-corrected chi connectivity index (χ0v) is 11.2. The van der Waals surface area contributed by atoms with Crippen LogP contribution in [0.15, 0.2) is 18.2 Å². The van der Waals surface area contributed by atoms with Crippen LogP contribution in [0.1, 0.15) is 26.3 Å². The van der Waals surface area contributed by atoms with E-state index in [4.69, 9.17) is 0 Å². The van der Waals surface area contributed by atoms with Crippen molar-refractivity contribution >= 4 is 15.9 Å². The molecule has 0 aliphatic carbocycles. The van der Waals surface area contributed by atoms with Crippen molar-refractivity contribution in [2.75, 3.05) is 4.72 Å². The number of hydrogen-bond donors (Lipinski definition) is 3. The summed E-state index contributed by atoms with van der Waals surface area (Å²) in [6, 6.07) is 4.73. The molecule has 0 aromatic heterocycles. The first kappa shape index (κ1) is 13.8. The third-order valence-electron chi connectivity index (χ3n) is 1.84. The lowest BCUT2D eigenvalue weighted by Gasteiger charge is -2.21. The molecule has 0 saturated carbocycles. The highest BCUT2D eigenvalue weighted by Crippen LogP contribution is 2.24. The van der Waals surface area contributed by atoms with Crippen LogP contribution >= 0.6 is 0 Å². The minimum atomic E-state index is -3.69. The van der Waals surface area contributed by atoms with E-state index in [0.717, 1.165) is 5.56 Å². The molecule has 1 rings (SSSR count). The topological polar surface area (TPSA) is 78.4 Å². The first-order chi connectivity index (χ1) is 7.59. The fourth-order valence-electron chi connectivity index (χ4n) is 1.30. The molecule has 0 radical (unpaired) electrons. The summed E-state index contributed by atoms with van der Waals surface area (Å²) in [6.07, 6.45) is 0. The molecule has 17 heavy (non-hydrogen) atoms. The van der Waals surface area contributed by atoms with Crippen molar-refractivity contribution in [3.63, 3.8) is 0 Å². The molecular weight excluding hydrogens is 240 g/mol. The van der Waals surface area contributed by atoms with E-state index < -0.39 is 15.7 Å². The third-order valence-corrected chi connectivity index (χ3v) is 3.21. The van der Waals surface area contributed by atoms with Gasteiger partial charge in [-0.05, 0) is 45.4 Å². The van der Waals surface area contributed by atoms with Gasteiger partial charge in [0.25, 0.3) is 10.2 Å². The summed E-state index contributed by atoms with van der Waals surface area (Å²) in [5.74, 6) is -0.0933. The summed E-state index contributed by atoms with van der Waals surface area (Å²) in [7, 11) is -3.69. The molecule has 96 valence electrons. The van der Waals surface area contributed by atoms with E-state index in [1.54, 1.807) is 26.8 Å². The van der Waals surface area contributed by atoms with Gasteiger partial charge in [0.1, 0.15) is 5.75 Å². The van der Waals surface area contributed by atoms with Gasteiger partial charge in [-0.2, -0.15) is 13.1 Å². The first-order valence-electron chi connectivity index (χ1n) is 5.20. The van der Waals surface area contributed by atoms with Crippen LogP contribution in [0, 0.1) is 6.92 Å². The summed E-state index contributed by atoms with van der Waals surface area (Å²) >= 11 is 0. The Bertz CT molecular complexity index is 504. The van der Waals surface area contributed by atoms with Crippen LogP contribution in [0.2, 0.25) is 0 Å². The smallest absolute Gasteiger partial charge is 0.299 e. The van der Waals surface area contributed by atoms with E-state index in [1.807, 2.05) is 6.92 Å². The van der Waals surface area contributed by atoms with Crippen LogP contribution in [-0.2, 0) is 10.2 Å². The van der Waals surface area contributed by atoms with Crippen molar-refractivity contribution < 1.29 is 13.5 Å². The Hall–Kier alpha value is -1.27. The third kappa shape index (κ3) is 4.62. The number of anilines is 1. The molecule has 5 nitrogen and oxygen atoms in total. The molecule has 1 aromatic rings. The highest BCUT2D eigenvalue weighted by Gasteiger charge is 2.20. The standard InChI is InChI=1S/C11H18N2O3S/c1-8-5-6-9(10(14)7-8)12-17(15,16)13-11(2,3)4/h5-7,12-14H,1-4H3. The zero-order chi connectivity index (χ0) is 13.3. The van der Waals surface area contributed by atoms with E-state index >= 15 is 0 Å². The summed E-state index contributed by atoms with van der Waals surface area (Å²) in [4.78, 5) is 0. The molecule has 0 amide bonds. The number of benzene rings is 1. The van der Waals surface area contributed by atoms with Gasteiger partial charge in [0, 0.05) is 5.54 Å². The normalized spacial score (nSPS) is 12.5. The van der Waals surface area contributed by atoms with Gasteiger partial charge < -0.3 is 5.11 Å². The number of aryl methyl sites for hydroxylation is 1. The second-order valence-corrected chi connectivity index (χ2v) is 6.39. The molecule has 0 atom stereocenters. The number of rotatable bonds is 3. The maximum Gasteiger partial charge on any atom is 0.299 e. The Morgan fingerprint density at radius 3 is 2.29 bits per heavy atom. The van der Waals surface area contributed by atoms with E-state index in [0.29, 0.717) is 0 Å². The van der Waals surface area contributed by atoms with Crippen LogP contribution in [0.3, 0.4) is 0 Å². The largest absolute Gasteiger partial charge is 0.506 e. The highest BCUT2D eigenvalue weighted by atomic mass is 32.2. The fourth-order valence-corrected chi connectivity index (χ4v) is 2.62. The Morgan fingerprint density at radius 1 is 1.24 bits per heavy atom. The lowest BCUT2D eigenvalue weighted by Crippen LogP contribution is -2.43. The molecule has 0 aliphatic rings. The molecule has 6 heteroatoms. The summed E-state index contributed by atoms with van der Waals surface area (Å²) in [5.41, 5.74) is 0.438. The Kier molecular flexibility index (Phi) is 3.68. The van der Waals surface area contributed by atoms with Gasteiger partial charge in [0.2, 0.25) is 0 Å². The Morgan fingerprint density at radius 2 is 1.82 bits per heavy atom. The molecule has 3 N–H and O–H groups in total. The number of phenolic OH excluding ortho intramolecular Hbond substituents is 1. The second-order valence-electron chi connectivity index (χ2n) is 4.98. The minimum absolute atomic E-state index is 0.0933. The maximum atomic E-state index is 11.7. The van der Waals surface area contributed by atoms with Gasteiger partial charge in [0.15, 0.2) is 0 Å².